The van der Waals surface area contributed by atoms with Gasteiger partial charge in [0.05, 0.1) is 18.6 Å². The molecule has 0 saturated carbocycles. The SMILES string of the molecule is C=C(C)Cn1c(SCC(=O)Nc2cc3oc4ccccc4c3cc2OC)nnc1-c1ccncc1. The first-order valence-electron chi connectivity index (χ1n) is 10.9. The van der Waals surface area contributed by atoms with Crippen molar-refractivity contribution in [2.45, 2.75) is 18.6 Å². The number of nitrogens with zero attached hydrogens (tertiary/aromatic N) is 4. The van der Waals surface area contributed by atoms with Crippen molar-refractivity contribution in [3.63, 3.8) is 0 Å². The molecule has 0 aliphatic carbocycles. The average Bonchev–Trinajstić information content (AvgIpc) is 3.42. The van der Waals surface area contributed by atoms with Gasteiger partial charge in [0.1, 0.15) is 16.9 Å². The Morgan fingerprint density at radius 1 is 1.11 bits per heavy atom. The molecule has 1 N–H and O–H groups in total. The van der Waals surface area contributed by atoms with E-state index >= 15 is 0 Å². The van der Waals surface area contributed by atoms with Crippen molar-refractivity contribution in [3.05, 3.63) is 73.1 Å². The predicted octanol–water partition coefficient (Wildman–Crippen LogP) is 5.56. The number of aromatic nitrogens is 4. The van der Waals surface area contributed by atoms with Gasteiger partial charge in [-0.25, -0.2) is 0 Å². The number of hydrogen-bond acceptors (Lipinski definition) is 7. The van der Waals surface area contributed by atoms with Crippen molar-refractivity contribution in [2.24, 2.45) is 0 Å². The molecule has 2 aromatic carbocycles. The summed E-state index contributed by atoms with van der Waals surface area (Å²) >= 11 is 1.31. The molecule has 5 rings (SSSR count). The first kappa shape index (κ1) is 22.7. The van der Waals surface area contributed by atoms with Crippen LogP contribution in [0.15, 0.2) is 82.7 Å². The van der Waals surface area contributed by atoms with Gasteiger partial charge in [-0.05, 0) is 31.2 Å². The number of carbonyl (C=O) groups excluding carboxylic acids is 1. The van der Waals surface area contributed by atoms with Crippen molar-refractivity contribution in [1.82, 2.24) is 19.7 Å². The third-order valence-electron chi connectivity index (χ3n) is 5.39. The number of carbonyl (C=O) groups is 1. The number of fused-ring (bicyclic) bond motifs is 3. The van der Waals surface area contributed by atoms with E-state index in [0.29, 0.717) is 34.5 Å². The van der Waals surface area contributed by atoms with Crippen LogP contribution in [0.25, 0.3) is 33.3 Å². The lowest BCUT2D eigenvalue weighted by molar-refractivity contribution is -0.113. The van der Waals surface area contributed by atoms with Gasteiger partial charge in [0.25, 0.3) is 0 Å². The van der Waals surface area contributed by atoms with Gasteiger partial charge in [-0.2, -0.15) is 0 Å². The second-order valence-corrected chi connectivity index (χ2v) is 9.01. The highest BCUT2D eigenvalue weighted by Crippen LogP contribution is 2.36. The maximum atomic E-state index is 12.9. The van der Waals surface area contributed by atoms with Crippen molar-refractivity contribution in [1.29, 1.82) is 0 Å². The van der Waals surface area contributed by atoms with Gasteiger partial charge in [-0.1, -0.05) is 42.1 Å². The molecule has 0 unspecified atom stereocenters. The zero-order chi connectivity index (χ0) is 24.4. The highest BCUT2D eigenvalue weighted by atomic mass is 32.2. The Hall–Kier alpha value is -4.11. The zero-order valence-corrected chi connectivity index (χ0v) is 20.1. The van der Waals surface area contributed by atoms with E-state index in [-0.39, 0.29) is 11.7 Å². The van der Waals surface area contributed by atoms with Crippen molar-refractivity contribution >= 4 is 45.3 Å². The molecule has 176 valence electrons. The van der Waals surface area contributed by atoms with Crippen molar-refractivity contribution < 1.29 is 13.9 Å². The van der Waals surface area contributed by atoms with E-state index in [0.717, 1.165) is 27.5 Å². The number of anilines is 1. The van der Waals surface area contributed by atoms with Crippen LogP contribution in [0.2, 0.25) is 0 Å². The van der Waals surface area contributed by atoms with E-state index in [4.69, 9.17) is 9.15 Å². The molecule has 3 aromatic heterocycles. The summed E-state index contributed by atoms with van der Waals surface area (Å²) in [5.41, 5.74) is 3.86. The third-order valence-corrected chi connectivity index (χ3v) is 6.36. The molecule has 8 nitrogen and oxygen atoms in total. The molecule has 1 amide bonds. The Bertz CT molecular complexity index is 1540. The molecule has 0 radical (unpaired) electrons. The minimum Gasteiger partial charge on any atom is -0.495 e. The lowest BCUT2D eigenvalue weighted by atomic mass is 10.1. The Morgan fingerprint density at radius 3 is 2.69 bits per heavy atom. The Kier molecular flexibility index (Phi) is 6.24. The third kappa shape index (κ3) is 4.63. The van der Waals surface area contributed by atoms with Gasteiger partial charge in [0.2, 0.25) is 5.91 Å². The molecular formula is C26H23N5O3S. The monoisotopic (exact) mass is 485 g/mol. The molecule has 0 aliphatic heterocycles. The fourth-order valence-electron chi connectivity index (χ4n) is 3.86. The van der Waals surface area contributed by atoms with E-state index in [1.165, 1.54) is 11.8 Å². The quantitative estimate of drug-likeness (QED) is 0.227. The number of rotatable bonds is 8. The smallest absolute Gasteiger partial charge is 0.234 e. The van der Waals surface area contributed by atoms with E-state index in [9.17, 15) is 4.79 Å². The van der Waals surface area contributed by atoms with Crippen LogP contribution in [0.4, 0.5) is 5.69 Å². The number of nitrogens with one attached hydrogen (secondary N) is 1. The average molecular weight is 486 g/mol. The number of thioether (sulfide) groups is 1. The summed E-state index contributed by atoms with van der Waals surface area (Å²) in [4.78, 5) is 16.9. The largest absolute Gasteiger partial charge is 0.495 e. The maximum absolute atomic E-state index is 12.9. The van der Waals surface area contributed by atoms with Crippen molar-refractivity contribution in [2.75, 3.05) is 18.2 Å². The summed E-state index contributed by atoms with van der Waals surface area (Å²) in [5, 5.41) is 14.2. The predicted molar refractivity (Wildman–Crippen MR) is 138 cm³/mol. The molecular weight excluding hydrogens is 462 g/mol. The summed E-state index contributed by atoms with van der Waals surface area (Å²) in [5.74, 6) is 1.22. The topological polar surface area (TPSA) is 95.1 Å². The minimum absolute atomic E-state index is 0.145. The van der Waals surface area contributed by atoms with Gasteiger partial charge >= 0.3 is 0 Å². The van der Waals surface area contributed by atoms with Crippen LogP contribution in [-0.4, -0.2) is 38.5 Å². The van der Waals surface area contributed by atoms with Gasteiger partial charge in [0, 0.05) is 41.3 Å². The molecule has 0 bridgehead atoms. The van der Waals surface area contributed by atoms with Crippen LogP contribution < -0.4 is 10.1 Å². The maximum Gasteiger partial charge on any atom is 0.234 e. The molecule has 5 aromatic rings. The number of pyridine rings is 1. The van der Waals surface area contributed by atoms with E-state index < -0.39 is 0 Å². The summed E-state index contributed by atoms with van der Waals surface area (Å²) in [6.45, 7) is 6.51. The minimum atomic E-state index is -0.195. The Morgan fingerprint density at radius 2 is 1.91 bits per heavy atom. The molecule has 0 spiro atoms. The van der Waals surface area contributed by atoms with E-state index in [1.807, 2.05) is 54.0 Å². The number of hydrogen-bond donors (Lipinski definition) is 1. The summed E-state index contributed by atoms with van der Waals surface area (Å²) < 4.78 is 13.5. The lowest BCUT2D eigenvalue weighted by Crippen LogP contribution is -2.15. The summed E-state index contributed by atoms with van der Waals surface area (Å²) in [6, 6.07) is 15.2. The summed E-state index contributed by atoms with van der Waals surface area (Å²) in [7, 11) is 1.58. The Labute approximate surface area is 206 Å². The zero-order valence-electron chi connectivity index (χ0n) is 19.3. The van der Waals surface area contributed by atoms with E-state index in [1.54, 1.807) is 25.6 Å². The number of para-hydroxylation sites is 1. The highest BCUT2D eigenvalue weighted by molar-refractivity contribution is 7.99. The molecule has 0 atom stereocenters. The number of furan rings is 1. The number of amides is 1. The normalized spacial score (nSPS) is 11.1. The fraction of sp³-hybridized carbons (Fsp3) is 0.154. The second kappa shape index (κ2) is 9.63. The molecule has 35 heavy (non-hydrogen) atoms. The lowest BCUT2D eigenvalue weighted by Gasteiger charge is -2.11. The molecule has 9 heteroatoms. The summed E-state index contributed by atoms with van der Waals surface area (Å²) in [6.07, 6.45) is 3.42. The van der Waals surface area contributed by atoms with Crippen molar-refractivity contribution in [3.8, 4) is 17.1 Å². The Balaban J connectivity index is 1.36. The van der Waals surface area contributed by atoms with Crippen LogP contribution in [0.5, 0.6) is 5.75 Å². The fourth-order valence-corrected chi connectivity index (χ4v) is 4.59. The number of allylic oxidation sites excluding steroid dienone is 1. The van der Waals surface area contributed by atoms with Gasteiger partial charge in [-0.3, -0.25) is 14.3 Å². The van der Waals surface area contributed by atoms with Crippen LogP contribution in [0.1, 0.15) is 6.92 Å². The number of benzene rings is 2. The first-order chi connectivity index (χ1) is 17.0. The first-order valence-corrected chi connectivity index (χ1v) is 11.9. The molecule has 3 heterocycles. The van der Waals surface area contributed by atoms with Crippen LogP contribution in [-0.2, 0) is 11.3 Å². The number of ether oxygens (including phenoxy) is 1. The highest BCUT2D eigenvalue weighted by Gasteiger charge is 2.18. The number of methoxy groups -OCH3 is 1. The van der Waals surface area contributed by atoms with Gasteiger partial charge in [0.15, 0.2) is 11.0 Å². The molecule has 0 fully saturated rings. The van der Waals surface area contributed by atoms with Gasteiger partial charge in [-0.15, -0.1) is 10.2 Å². The standard InChI is InChI=1S/C26H23N5O3S/c1-16(2)14-31-25(17-8-10-27-11-9-17)29-30-26(31)35-15-24(32)28-20-13-22-19(12-23(20)33-3)18-6-4-5-7-21(18)34-22/h4-13H,1,14-15H2,2-3H3,(H,28,32). The van der Waals surface area contributed by atoms with Gasteiger partial charge < -0.3 is 14.5 Å². The van der Waals surface area contributed by atoms with Crippen LogP contribution in [0, 0.1) is 0 Å². The second-order valence-electron chi connectivity index (χ2n) is 8.07. The molecule has 0 saturated heterocycles. The molecule has 0 aliphatic rings. The van der Waals surface area contributed by atoms with Crippen LogP contribution in [0.3, 0.4) is 0 Å². The van der Waals surface area contributed by atoms with Crippen LogP contribution >= 0.6 is 11.8 Å². The van der Waals surface area contributed by atoms with E-state index in [2.05, 4.69) is 27.1 Å².